The van der Waals surface area contributed by atoms with Crippen LogP contribution in [0.1, 0.15) is 36.9 Å². The van der Waals surface area contributed by atoms with Gasteiger partial charge in [0.1, 0.15) is 0 Å². The van der Waals surface area contributed by atoms with E-state index in [0.29, 0.717) is 5.92 Å². The molecule has 1 aromatic carbocycles. The molecule has 30 heavy (non-hydrogen) atoms. The molecule has 1 aromatic heterocycles. The summed E-state index contributed by atoms with van der Waals surface area (Å²) in [6, 6.07) is 8.57. The lowest BCUT2D eigenvalue weighted by atomic mass is 9.88. The monoisotopic (exact) mass is 405 g/mol. The Balaban J connectivity index is 1.70. The quantitative estimate of drug-likeness (QED) is 0.269. The molecule has 1 atom stereocenters. The number of aryl methyl sites for hydroxylation is 1. The van der Waals surface area contributed by atoms with Crippen LogP contribution in [0.3, 0.4) is 0 Å². The number of hydrogen-bond donors (Lipinski definition) is 3. The minimum absolute atomic E-state index is 0.526. The van der Waals surface area contributed by atoms with Gasteiger partial charge in [0.15, 0.2) is 0 Å². The van der Waals surface area contributed by atoms with Crippen molar-refractivity contribution < 1.29 is 10.0 Å². The normalized spacial score (nSPS) is 18.8. The number of aromatic nitrogens is 1. The summed E-state index contributed by atoms with van der Waals surface area (Å²) in [5.74, 6) is -0.0132. The summed E-state index contributed by atoms with van der Waals surface area (Å²) in [5, 5.41) is 9.89. The summed E-state index contributed by atoms with van der Waals surface area (Å²) in [7, 11) is 0. The zero-order chi connectivity index (χ0) is 21.5. The molecular formula is C25H31N3O2. The Kier molecular flexibility index (Phi) is 7.44. The number of rotatable bonds is 7. The summed E-state index contributed by atoms with van der Waals surface area (Å²) in [4.78, 5) is 17.1. The molecule has 0 bridgehead atoms. The van der Waals surface area contributed by atoms with E-state index in [1.54, 1.807) is 11.6 Å². The molecule has 1 aliphatic heterocycles. The maximum Gasteiger partial charge on any atom is 0.267 e. The van der Waals surface area contributed by atoms with E-state index in [2.05, 4.69) is 47.7 Å². The number of piperidine rings is 1. The van der Waals surface area contributed by atoms with Crippen molar-refractivity contribution in [3.8, 4) is 0 Å². The predicted octanol–water partition coefficient (Wildman–Crippen LogP) is 4.78. The second-order valence-corrected chi connectivity index (χ2v) is 7.95. The SMILES string of the molecule is C=C\C(=C/C=C(C)/C=C/C(=O)NO)CN1CCCC(c2c(C)[nH]c3ccccc23)C1. The number of likely N-dealkylation sites (tertiary alicyclic amines) is 1. The number of hydroxylamine groups is 1. The molecule has 158 valence electrons. The van der Waals surface area contributed by atoms with Gasteiger partial charge in [-0.25, -0.2) is 5.48 Å². The maximum atomic E-state index is 11.1. The Labute approximate surface area is 178 Å². The Morgan fingerprint density at radius 2 is 2.13 bits per heavy atom. The highest BCUT2D eigenvalue weighted by atomic mass is 16.5. The summed E-state index contributed by atoms with van der Waals surface area (Å²) in [5.41, 5.74) is 7.61. The van der Waals surface area contributed by atoms with Gasteiger partial charge >= 0.3 is 0 Å². The van der Waals surface area contributed by atoms with Crippen LogP contribution in [-0.4, -0.2) is 40.6 Å². The van der Waals surface area contributed by atoms with E-state index in [9.17, 15) is 4.79 Å². The molecule has 2 heterocycles. The Morgan fingerprint density at radius 3 is 2.90 bits per heavy atom. The van der Waals surface area contributed by atoms with E-state index in [1.807, 2.05) is 25.2 Å². The van der Waals surface area contributed by atoms with Crippen LogP contribution in [0.15, 0.2) is 72.4 Å². The fraction of sp³-hybridized carbons (Fsp3) is 0.320. The van der Waals surface area contributed by atoms with Crippen molar-refractivity contribution in [1.29, 1.82) is 0 Å². The zero-order valence-electron chi connectivity index (χ0n) is 17.8. The summed E-state index contributed by atoms with van der Waals surface area (Å²) < 4.78 is 0. The standard InChI is InChI=1S/C25H31N3O2/c1-4-20(13-11-18(2)12-14-24(29)27-30)16-28-15-7-8-21(17-28)25-19(3)26-23-10-6-5-9-22(23)25/h4-6,9-14,21,26,30H,1,7-8,15-17H2,2-3H3,(H,27,29)/b14-12+,18-11+,20-13+. The molecule has 5 heteroatoms. The van der Waals surface area contributed by atoms with Gasteiger partial charge in [0.25, 0.3) is 5.91 Å². The highest BCUT2D eigenvalue weighted by Gasteiger charge is 2.25. The van der Waals surface area contributed by atoms with Gasteiger partial charge in [-0.15, -0.1) is 0 Å². The molecule has 0 saturated carbocycles. The molecule has 2 aromatic rings. The minimum Gasteiger partial charge on any atom is -0.358 e. The van der Waals surface area contributed by atoms with Crippen molar-refractivity contribution in [2.45, 2.75) is 32.6 Å². The number of nitrogens with zero attached hydrogens (tertiary/aromatic N) is 1. The first kappa shape index (κ1) is 21.8. The number of fused-ring (bicyclic) bond motifs is 1. The molecule has 3 N–H and O–H groups in total. The Bertz CT molecular complexity index is 997. The van der Waals surface area contributed by atoms with Crippen LogP contribution >= 0.6 is 0 Å². The van der Waals surface area contributed by atoms with E-state index in [0.717, 1.165) is 30.8 Å². The first-order valence-electron chi connectivity index (χ1n) is 10.4. The molecule has 0 radical (unpaired) electrons. The van der Waals surface area contributed by atoms with Gasteiger partial charge in [-0.05, 0) is 56.4 Å². The van der Waals surface area contributed by atoms with Gasteiger partial charge in [0, 0.05) is 35.8 Å². The van der Waals surface area contributed by atoms with Crippen LogP contribution in [0, 0.1) is 6.92 Å². The molecule has 0 spiro atoms. The summed E-state index contributed by atoms with van der Waals surface area (Å²) in [6.45, 7) is 11.0. The first-order valence-corrected chi connectivity index (χ1v) is 10.4. The average Bonchev–Trinajstić information content (AvgIpc) is 3.10. The van der Waals surface area contributed by atoms with Crippen LogP contribution in [0.25, 0.3) is 10.9 Å². The highest BCUT2D eigenvalue weighted by Crippen LogP contribution is 2.34. The fourth-order valence-corrected chi connectivity index (χ4v) is 4.24. The Hall–Kier alpha value is -2.89. The van der Waals surface area contributed by atoms with E-state index in [4.69, 9.17) is 5.21 Å². The largest absolute Gasteiger partial charge is 0.358 e. The van der Waals surface area contributed by atoms with Crippen LogP contribution in [0.5, 0.6) is 0 Å². The second-order valence-electron chi connectivity index (χ2n) is 7.95. The van der Waals surface area contributed by atoms with E-state index in [1.165, 1.54) is 41.1 Å². The lowest BCUT2D eigenvalue weighted by molar-refractivity contribution is -0.124. The zero-order valence-corrected chi connectivity index (χ0v) is 17.8. The lowest BCUT2D eigenvalue weighted by Crippen LogP contribution is -2.35. The number of carbonyl (C=O) groups is 1. The predicted molar refractivity (Wildman–Crippen MR) is 123 cm³/mol. The van der Waals surface area contributed by atoms with Crippen molar-refractivity contribution in [2.75, 3.05) is 19.6 Å². The number of carbonyl (C=O) groups excluding carboxylic acids is 1. The van der Waals surface area contributed by atoms with Crippen molar-refractivity contribution >= 4 is 16.8 Å². The van der Waals surface area contributed by atoms with Crippen molar-refractivity contribution in [2.24, 2.45) is 0 Å². The van der Waals surface area contributed by atoms with Gasteiger partial charge in [-0.2, -0.15) is 0 Å². The Morgan fingerprint density at radius 1 is 1.33 bits per heavy atom. The van der Waals surface area contributed by atoms with Gasteiger partial charge in [0.05, 0.1) is 0 Å². The molecule has 0 aliphatic carbocycles. The first-order chi connectivity index (χ1) is 14.5. The third-order valence-electron chi connectivity index (χ3n) is 5.69. The third-order valence-corrected chi connectivity index (χ3v) is 5.69. The number of H-pyrrole nitrogens is 1. The smallest absolute Gasteiger partial charge is 0.267 e. The molecular weight excluding hydrogens is 374 g/mol. The molecule has 1 amide bonds. The minimum atomic E-state index is -0.539. The maximum absolute atomic E-state index is 11.1. The van der Waals surface area contributed by atoms with Crippen LogP contribution in [-0.2, 0) is 4.79 Å². The number of aromatic amines is 1. The van der Waals surface area contributed by atoms with E-state index < -0.39 is 5.91 Å². The molecule has 1 aliphatic rings. The van der Waals surface area contributed by atoms with Gasteiger partial charge < -0.3 is 4.98 Å². The fourth-order valence-electron chi connectivity index (χ4n) is 4.24. The van der Waals surface area contributed by atoms with Gasteiger partial charge in [0.2, 0.25) is 0 Å². The van der Waals surface area contributed by atoms with E-state index in [-0.39, 0.29) is 0 Å². The molecule has 5 nitrogen and oxygen atoms in total. The number of allylic oxidation sites excluding steroid dienone is 4. The number of nitrogens with one attached hydrogen (secondary N) is 2. The third kappa shape index (κ3) is 5.38. The molecule has 1 fully saturated rings. The topological polar surface area (TPSA) is 68.4 Å². The van der Waals surface area contributed by atoms with Crippen molar-refractivity contribution in [3.63, 3.8) is 0 Å². The molecule has 1 saturated heterocycles. The number of para-hydroxylation sites is 1. The summed E-state index contributed by atoms with van der Waals surface area (Å²) in [6.07, 6.45) is 11.3. The van der Waals surface area contributed by atoms with Gasteiger partial charge in [-0.3, -0.25) is 14.9 Å². The van der Waals surface area contributed by atoms with Crippen molar-refractivity contribution in [1.82, 2.24) is 15.4 Å². The van der Waals surface area contributed by atoms with Crippen LogP contribution in [0.2, 0.25) is 0 Å². The lowest BCUT2D eigenvalue weighted by Gasteiger charge is -2.33. The number of benzene rings is 1. The number of hydrogen-bond acceptors (Lipinski definition) is 3. The van der Waals surface area contributed by atoms with Crippen LogP contribution < -0.4 is 5.48 Å². The second kappa shape index (κ2) is 10.2. The average molecular weight is 406 g/mol. The number of amides is 1. The van der Waals surface area contributed by atoms with E-state index >= 15 is 0 Å². The molecule has 1 unspecified atom stereocenters. The molecule has 3 rings (SSSR count). The van der Waals surface area contributed by atoms with Gasteiger partial charge in [-0.1, -0.05) is 54.7 Å². The van der Waals surface area contributed by atoms with Crippen LogP contribution in [0.4, 0.5) is 0 Å². The van der Waals surface area contributed by atoms with Crippen molar-refractivity contribution in [3.05, 3.63) is 83.6 Å². The highest BCUT2D eigenvalue weighted by molar-refractivity contribution is 5.87. The summed E-state index contributed by atoms with van der Waals surface area (Å²) >= 11 is 0.